The Balaban J connectivity index is 2.77. The molecule has 0 unspecified atom stereocenters. The number of benzene rings is 1. The second-order valence-electron chi connectivity index (χ2n) is 3.85. The van der Waals surface area contributed by atoms with Crippen LogP contribution in [-0.4, -0.2) is 27.6 Å². The molecule has 0 bridgehead atoms. The molecule has 2 aromatic rings. The number of carbonyl (C=O) groups excluding carboxylic acids is 1. The molecule has 20 heavy (non-hydrogen) atoms. The fraction of sp³-hybridized carbons (Fsp3) is 0.0833. The number of carbonyl (C=O) groups is 1. The number of H-pyrrole nitrogens is 1. The molecule has 0 aliphatic heterocycles. The number of nitrogens with zero attached hydrogens (tertiary/aromatic N) is 1. The molecule has 0 aliphatic carbocycles. The molecular weight excluding hydrogens is 286 g/mol. The molecular formula is C12H10ClN3O4. The molecule has 0 saturated carbocycles. The van der Waals surface area contributed by atoms with Crippen molar-refractivity contribution in [2.45, 2.75) is 0 Å². The number of aromatic hydroxyl groups is 1. The van der Waals surface area contributed by atoms with Crippen LogP contribution in [0.25, 0.3) is 5.69 Å². The van der Waals surface area contributed by atoms with E-state index in [4.69, 9.17) is 11.6 Å². The van der Waals surface area contributed by atoms with E-state index < -0.39 is 28.6 Å². The van der Waals surface area contributed by atoms with Crippen molar-refractivity contribution >= 4 is 17.5 Å². The molecule has 3 N–H and O–H groups in total. The molecule has 0 spiro atoms. The van der Waals surface area contributed by atoms with Crippen LogP contribution < -0.4 is 16.6 Å². The van der Waals surface area contributed by atoms with Crippen LogP contribution in [0, 0.1) is 0 Å². The Hall–Kier alpha value is -2.54. The van der Waals surface area contributed by atoms with E-state index in [0.29, 0.717) is 5.02 Å². The molecule has 0 fully saturated rings. The summed E-state index contributed by atoms with van der Waals surface area (Å²) >= 11 is 5.74. The zero-order valence-corrected chi connectivity index (χ0v) is 11.1. The van der Waals surface area contributed by atoms with E-state index in [1.165, 1.54) is 31.3 Å². The van der Waals surface area contributed by atoms with Crippen LogP contribution >= 0.6 is 11.6 Å². The first-order valence-electron chi connectivity index (χ1n) is 5.52. The first-order chi connectivity index (χ1) is 9.45. The van der Waals surface area contributed by atoms with Crippen LogP contribution in [0.5, 0.6) is 5.88 Å². The smallest absolute Gasteiger partial charge is 0.335 e. The average Bonchev–Trinajstić information content (AvgIpc) is 2.40. The van der Waals surface area contributed by atoms with Gasteiger partial charge in [-0.3, -0.25) is 14.6 Å². The maximum atomic E-state index is 11.8. The lowest BCUT2D eigenvalue weighted by atomic mass is 10.2. The van der Waals surface area contributed by atoms with Crippen molar-refractivity contribution < 1.29 is 9.90 Å². The van der Waals surface area contributed by atoms with Gasteiger partial charge in [0, 0.05) is 12.1 Å². The maximum Gasteiger partial charge on any atom is 0.335 e. The number of rotatable bonds is 2. The van der Waals surface area contributed by atoms with Gasteiger partial charge in [0.1, 0.15) is 0 Å². The van der Waals surface area contributed by atoms with Gasteiger partial charge in [-0.15, -0.1) is 0 Å². The van der Waals surface area contributed by atoms with Crippen molar-refractivity contribution in [2.24, 2.45) is 0 Å². The van der Waals surface area contributed by atoms with E-state index >= 15 is 0 Å². The third-order valence-corrected chi connectivity index (χ3v) is 2.88. The highest BCUT2D eigenvalue weighted by atomic mass is 35.5. The second kappa shape index (κ2) is 5.22. The predicted molar refractivity (Wildman–Crippen MR) is 72.7 cm³/mol. The first kappa shape index (κ1) is 13.9. The minimum Gasteiger partial charge on any atom is -0.493 e. The molecule has 1 aromatic heterocycles. The summed E-state index contributed by atoms with van der Waals surface area (Å²) in [5.41, 5.74) is -2.10. The van der Waals surface area contributed by atoms with Gasteiger partial charge in [0.05, 0.1) is 5.69 Å². The predicted octanol–water partition coefficient (Wildman–Crippen LogP) is 0.244. The highest BCUT2D eigenvalue weighted by Crippen LogP contribution is 2.18. The van der Waals surface area contributed by atoms with E-state index in [0.717, 1.165) is 4.57 Å². The molecule has 0 radical (unpaired) electrons. The Kier molecular flexibility index (Phi) is 3.62. The number of aromatic amines is 1. The van der Waals surface area contributed by atoms with E-state index in [1.807, 2.05) is 4.98 Å². The van der Waals surface area contributed by atoms with Crippen LogP contribution in [0.15, 0.2) is 33.9 Å². The van der Waals surface area contributed by atoms with Crippen LogP contribution in [-0.2, 0) is 0 Å². The first-order valence-corrected chi connectivity index (χ1v) is 5.90. The average molecular weight is 296 g/mol. The molecule has 1 heterocycles. The second-order valence-corrected chi connectivity index (χ2v) is 4.29. The monoisotopic (exact) mass is 295 g/mol. The Morgan fingerprint density at radius 3 is 2.45 bits per heavy atom. The van der Waals surface area contributed by atoms with Crippen molar-refractivity contribution in [2.75, 3.05) is 7.05 Å². The maximum absolute atomic E-state index is 11.8. The number of halogens is 1. The zero-order valence-electron chi connectivity index (χ0n) is 10.3. The van der Waals surface area contributed by atoms with Crippen LogP contribution in [0.3, 0.4) is 0 Å². The normalized spacial score (nSPS) is 10.3. The molecule has 0 saturated heterocycles. The van der Waals surface area contributed by atoms with Gasteiger partial charge in [-0.25, -0.2) is 9.36 Å². The van der Waals surface area contributed by atoms with Gasteiger partial charge in [0.25, 0.3) is 11.5 Å². The number of hydrogen-bond donors (Lipinski definition) is 3. The summed E-state index contributed by atoms with van der Waals surface area (Å²) in [5.74, 6) is -1.54. The van der Waals surface area contributed by atoms with Gasteiger partial charge >= 0.3 is 5.69 Å². The molecule has 1 amide bonds. The summed E-state index contributed by atoms with van der Waals surface area (Å²) in [6.07, 6.45) is 0. The SMILES string of the molecule is CNC(=O)c1c(O)n(-c2ccc(Cl)cc2)c(=O)[nH]c1=O. The minimum absolute atomic E-state index is 0.262. The van der Waals surface area contributed by atoms with E-state index in [1.54, 1.807) is 0 Å². The summed E-state index contributed by atoms with van der Waals surface area (Å²) in [6, 6.07) is 5.95. The van der Waals surface area contributed by atoms with Gasteiger partial charge in [-0.05, 0) is 24.3 Å². The van der Waals surface area contributed by atoms with Crippen molar-refractivity contribution in [1.82, 2.24) is 14.9 Å². The van der Waals surface area contributed by atoms with Crippen LogP contribution in [0.1, 0.15) is 10.4 Å². The van der Waals surface area contributed by atoms with Crippen LogP contribution in [0.2, 0.25) is 5.02 Å². The molecule has 0 atom stereocenters. The van der Waals surface area contributed by atoms with Gasteiger partial charge in [0.2, 0.25) is 5.88 Å². The zero-order chi connectivity index (χ0) is 14.9. The highest BCUT2D eigenvalue weighted by molar-refractivity contribution is 6.30. The third-order valence-electron chi connectivity index (χ3n) is 2.62. The number of hydrogen-bond acceptors (Lipinski definition) is 4. The lowest BCUT2D eigenvalue weighted by molar-refractivity contribution is 0.0957. The largest absolute Gasteiger partial charge is 0.493 e. The van der Waals surface area contributed by atoms with Gasteiger partial charge < -0.3 is 10.4 Å². The topological polar surface area (TPSA) is 104 Å². The fourth-order valence-electron chi connectivity index (χ4n) is 1.68. The molecule has 2 rings (SSSR count). The summed E-state index contributed by atoms with van der Waals surface area (Å²) in [5, 5.41) is 12.7. The molecule has 1 aromatic carbocycles. The Labute approximate surface area is 117 Å². The van der Waals surface area contributed by atoms with Crippen molar-refractivity contribution in [3.05, 3.63) is 55.7 Å². The van der Waals surface area contributed by atoms with Gasteiger partial charge in [-0.1, -0.05) is 11.6 Å². The summed E-state index contributed by atoms with van der Waals surface area (Å²) in [4.78, 5) is 36.9. The van der Waals surface area contributed by atoms with Crippen molar-refractivity contribution in [3.8, 4) is 11.6 Å². The number of nitrogens with one attached hydrogen (secondary N) is 2. The fourth-order valence-corrected chi connectivity index (χ4v) is 1.81. The van der Waals surface area contributed by atoms with Crippen molar-refractivity contribution in [1.29, 1.82) is 0 Å². The molecule has 8 heteroatoms. The summed E-state index contributed by atoms with van der Waals surface area (Å²) in [6.45, 7) is 0. The Morgan fingerprint density at radius 1 is 1.30 bits per heavy atom. The molecule has 104 valence electrons. The summed E-state index contributed by atoms with van der Waals surface area (Å²) in [7, 11) is 1.30. The van der Waals surface area contributed by atoms with Gasteiger partial charge in [-0.2, -0.15) is 0 Å². The van der Waals surface area contributed by atoms with E-state index in [2.05, 4.69) is 5.32 Å². The third kappa shape index (κ3) is 2.30. The minimum atomic E-state index is -0.961. The highest BCUT2D eigenvalue weighted by Gasteiger charge is 2.20. The summed E-state index contributed by atoms with van der Waals surface area (Å²) < 4.78 is 0.808. The Morgan fingerprint density at radius 2 is 1.90 bits per heavy atom. The van der Waals surface area contributed by atoms with E-state index in [-0.39, 0.29) is 5.69 Å². The van der Waals surface area contributed by atoms with Gasteiger partial charge in [0.15, 0.2) is 5.56 Å². The Bertz CT molecular complexity index is 777. The standard InChI is InChI=1S/C12H10ClN3O4/c1-14-9(17)8-10(18)15-12(20)16(11(8)19)7-4-2-6(13)3-5-7/h2-5,19H,1H3,(H,14,17)(H,15,18,20). The van der Waals surface area contributed by atoms with Crippen molar-refractivity contribution in [3.63, 3.8) is 0 Å². The number of aromatic nitrogens is 2. The lowest BCUT2D eigenvalue weighted by Gasteiger charge is -2.10. The molecule has 0 aliphatic rings. The van der Waals surface area contributed by atoms with Crippen LogP contribution in [0.4, 0.5) is 0 Å². The molecule has 7 nitrogen and oxygen atoms in total. The van der Waals surface area contributed by atoms with E-state index in [9.17, 15) is 19.5 Å². The quantitative estimate of drug-likeness (QED) is 0.738. The lowest BCUT2D eigenvalue weighted by Crippen LogP contribution is -2.35. The number of amides is 1.